The van der Waals surface area contributed by atoms with Gasteiger partial charge in [-0.3, -0.25) is 4.90 Å². The van der Waals surface area contributed by atoms with Gasteiger partial charge in [-0.2, -0.15) is 4.98 Å². The Morgan fingerprint density at radius 1 is 1.15 bits per heavy atom. The first-order valence-corrected chi connectivity index (χ1v) is 9.62. The van der Waals surface area contributed by atoms with Crippen LogP contribution in [0.4, 0.5) is 0 Å². The molecule has 0 atom stereocenters. The first-order valence-electron chi connectivity index (χ1n) is 9.25. The standard InChI is InChI=1S/C21H20ClN3O2/c22-16-4-1-14(2-5-16)20-23-19(27-24-20)7-10-25-12-15-3-6-17(26)11-18(15)21(13-25)8-9-21/h1-6,11,26H,7-10,12-13H2. The highest BCUT2D eigenvalue weighted by molar-refractivity contribution is 6.30. The minimum Gasteiger partial charge on any atom is -0.508 e. The first kappa shape index (κ1) is 16.8. The van der Waals surface area contributed by atoms with E-state index in [9.17, 15) is 5.11 Å². The van der Waals surface area contributed by atoms with Gasteiger partial charge >= 0.3 is 0 Å². The van der Waals surface area contributed by atoms with Crippen LogP contribution >= 0.6 is 11.6 Å². The molecule has 0 bridgehead atoms. The third kappa shape index (κ3) is 3.22. The average Bonchev–Trinajstić information content (AvgIpc) is 3.27. The number of hydrogen-bond donors (Lipinski definition) is 1. The summed E-state index contributed by atoms with van der Waals surface area (Å²) in [4.78, 5) is 6.98. The average molecular weight is 382 g/mol. The lowest BCUT2D eigenvalue weighted by atomic mass is 9.86. The molecule has 2 aliphatic rings. The normalized spacial score (nSPS) is 17.8. The largest absolute Gasteiger partial charge is 0.508 e. The van der Waals surface area contributed by atoms with Crippen LogP contribution in [-0.2, 0) is 18.4 Å². The van der Waals surface area contributed by atoms with Crippen molar-refractivity contribution >= 4 is 11.6 Å². The first-order chi connectivity index (χ1) is 13.1. The van der Waals surface area contributed by atoms with Crippen molar-refractivity contribution in [3.8, 4) is 17.1 Å². The molecule has 0 unspecified atom stereocenters. The topological polar surface area (TPSA) is 62.4 Å². The molecule has 1 saturated carbocycles. The number of hydrogen-bond acceptors (Lipinski definition) is 5. The van der Waals surface area contributed by atoms with Gasteiger partial charge in [0.2, 0.25) is 11.7 Å². The van der Waals surface area contributed by atoms with Crippen LogP contribution < -0.4 is 0 Å². The lowest BCUT2D eigenvalue weighted by molar-refractivity contribution is 0.215. The van der Waals surface area contributed by atoms with E-state index in [1.165, 1.54) is 24.0 Å². The van der Waals surface area contributed by atoms with Crippen molar-refractivity contribution in [2.24, 2.45) is 0 Å². The van der Waals surface area contributed by atoms with E-state index in [-0.39, 0.29) is 5.41 Å². The summed E-state index contributed by atoms with van der Waals surface area (Å²) in [6.45, 7) is 2.81. The second-order valence-electron chi connectivity index (χ2n) is 7.60. The summed E-state index contributed by atoms with van der Waals surface area (Å²) in [6.07, 6.45) is 3.12. The van der Waals surface area contributed by atoms with E-state index in [1.807, 2.05) is 30.3 Å². The Balaban J connectivity index is 1.27. The molecule has 2 heterocycles. The molecular weight excluding hydrogens is 362 g/mol. The number of phenolic OH excluding ortho intramolecular Hbond substituents is 1. The summed E-state index contributed by atoms with van der Waals surface area (Å²) in [5.41, 5.74) is 3.79. The Morgan fingerprint density at radius 3 is 2.74 bits per heavy atom. The van der Waals surface area contributed by atoms with E-state index in [0.29, 0.717) is 22.5 Å². The van der Waals surface area contributed by atoms with Gasteiger partial charge in [0.05, 0.1) is 0 Å². The molecule has 138 valence electrons. The van der Waals surface area contributed by atoms with Gasteiger partial charge in [0.1, 0.15) is 5.75 Å². The fourth-order valence-electron chi connectivity index (χ4n) is 4.07. The van der Waals surface area contributed by atoms with Gasteiger partial charge in [0.25, 0.3) is 0 Å². The summed E-state index contributed by atoms with van der Waals surface area (Å²) in [6, 6.07) is 13.2. The third-order valence-corrected chi connectivity index (χ3v) is 5.90. The minimum atomic E-state index is 0.232. The monoisotopic (exact) mass is 381 g/mol. The van der Waals surface area contributed by atoms with Crippen LogP contribution in [0.15, 0.2) is 47.0 Å². The van der Waals surface area contributed by atoms with Gasteiger partial charge in [0.15, 0.2) is 0 Å². The third-order valence-electron chi connectivity index (χ3n) is 5.65. The lowest BCUT2D eigenvalue weighted by Crippen LogP contribution is -2.38. The highest BCUT2D eigenvalue weighted by Crippen LogP contribution is 2.52. The van der Waals surface area contributed by atoms with Gasteiger partial charge in [0, 0.05) is 42.1 Å². The molecule has 5 rings (SSSR count). The molecular formula is C21H20ClN3O2. The zero-order valence-corrected chi connectivity index (χ0v) is 15.6. The molecule has 1 aliphatic carbocycles. The van der Waals surface area contributed by atoms with E-state index in [0.717, 1.165) is 31.6 Å². The number of phenols is 1. The fraction of sp³-hybridized carbons (Fsp3) is 0.333. The zero-order chi connectivity index (χ0) is 18.4. The Bertz CT molecular complexity index is 979. The predicted molar refractivity (Wildman–Crippen MR) is 103 cm³/mol. The maximum absolute atomic E-state index is 9.83. The number of benzene rings is 2. The van der Waals surface area contributed by atoms with Crippen LogP contribution in [0.2, 0.25) is 5.02 Å². The van der Waals surface area contributed by atoms with Crippen molar-refractivity contribution in [1.29, 1.82) is 0 Å². The molecule has 0 saturated heterocycles. The minimum absolute atomic E-state index is 0.232. The number of halogens is 1. The highest BCUT2D eigenvalue weighted by atomic mass is 35.5. The molecule has 6 heteroatoms. The van der Waals surface area contributed by atoms with E-state index in [2.05, 4.69) is 21.1 Å². The van der Waals surface area contributed by atoms with E-state index >= 15 is 0 Å². The van der Waals surface area contributed by atoms with Gasteiger partial charge < -0.3 is 9.63 Å². The Morgan fingerprint density at radius 2 is 1.96 bits per heavy atom. The molecule has 1 fully saturated rings. The smallest absolute Gasteiger partial charge is 0.228 e. The molecule has 1 aromatic heterocycles. The van der Waals surface area contributed by atoms with Crippen LogP contribution in [0.3, 0.4) is 0 Å². The van der Waals surface area contributed by atoms with Crippen LogP contribution in [0.1, 0.15) is 29.9 Å². The second-order valence-corrected chi connectivity index (χ2v) is 8.04. The number of nitrogens with zero attached hydrogens (tertiary/aromatic N) is 3. The Hall–Kier alpha value is -2.37. The maximum atomic E-state index is 9.83. The van der Waals surface area contributed by atoms with Crippen LogP contribution in [0.25, 0.3) is 11.4 Å². The second kappa shape index (κ2) is 6.36. The predicted octanol–water partition coefficient (Wildman–Crippen LogP) is 4.19. The van der Waals surface area contributed by atoms with Crippen molar-refractivity contribution in [1.82, 2.24) is 15.0 Å². The molecule has 1 N–H and O–H groups in total. The van der Waals surface area contributed by atoms with Crippen molar-refractivity contribution in [2.45, 2.75) is 31.2 Å². The van der Waals surface area contributed by atoms with Crippen LogP contribution in [-0.4, -0.2) is 33.2 Å². The number of aromatic nitrogens is 2. The van der Waals surface area contributed by atoms with E-state index < -0.39 is 0 Å². The fourth-order valence-corrected chi connectivity index (χ4v) is 4.19. The van der Waals surface area contributed by atoms with Crippen molar-refractivity contribution in [3.63, 3.8) is 0 Å². The number of rotatable bonds is 4. The summed E-state index contributed by atoms with van der Waals surface area (Å²) in [5.74, 6) is 1.62. The molecule has 27 heavy (non-hydrogen) atoms. The summed E-state index contributed by atoms with van der Waals surface area (Å²) >= 11 is 5.93. The summed E-state index contributed by atoms with van der Waals surface area (Å²) in [7, 11) is 0. The van der Waals surface area contributed by atoms with Crippen molar-refractivity contribution < 1.29 is 9.63 Å². The quantitative estimate of drug-likeness (QED) is 0.734. The maximum Gasteiger partial charge on any atom is 0.228 e. The van der Waals surface area contributed by atoms with Gasteiger partial charge in [-0.25, -0.2) is 0 Å². The number of fused-ring (bicyclic) bond motifs is 2. The van der Waals surface area contributed by atoms with Crippen LogP contribution in [0.5, 0.6) is 5.75 Å². The lowest BCUT2D eigenvalue weighted by Gasteiger charge is -2.35. The molecule has 5 nitrogen and oxygen atoms in total. The van der Waals surface area contributed by atoms with Crippen molar-refractivity contribution in [2.75, 3.05) is 13.1 Å². The molecule has 0 amide bonds. The Labute approximate surface area is 162 Å². The SMILES string of the molecule is Oc1ccc2c(c1)C1(CC1)CN(CCc1nc(-c3ccc(Cl)cc3)no1)C2. The molecule has 0 radical (unpaired) electrons. The van der Waals surface area contributed by atoms with Gasteiger partial charge in [-0.1, -0.05) is 22.8 Å². The van der Waals surface area contributed by atoms with Gasteiger partial charge in [-0.05, 0) is 60.4 Å². The zero-order valence-electron chi connectivity index (χ0n) is 14.9. The number of aromatic hydroxyl groups is 1. The van der Waals surface area contributed by atoms with Gasteiger partial charge in [-0.15, -0.1) is 0 Å². The van der Waals surface area contributed by atoms with E-state index in [1.54, 1.807) is 6.07 Å². The Kier molecular flexibility index (Phi) is 3.95. The summed E-state index contributed by atoms with van der Waals surface area (Å²) in [5, 5.41) is 14.6. The highest BCUT2D eigenvalue weighted by Gasteiger charge is 2.49. The molecule has 3 aromatic rings. The van der Waals surface area contributed by atoms with Crippen molar-refractivity contribution in [3.05, 3.63) is 64.5 Å². The summed E-state index contributed by atoms with van der Waals surface area (Å²) < 4.78 is 5.44. The van der Waals surface area contributed by atoms with E-state index in [4.69, 9.17) is 16.1 Å². The molecule has 1 spiro atoms. The molecule has 1 aliphatic heterocycles. The van der Waals surface area contributed by atoms with Crippen LogP contribution in [0, 0.1) is 0 Å². The molecule has 2 aromatic carbocycles.